The molecular weight excluding hydrogens is 370 g/mol. The Labute approximate surface area is 170 Å². The van der Waals surface area contributed by atoms with Crippen molar-refractivity contribution in [2.24, 2.45) is 5.73 Å². The van der Waals surface area contributed by atoms with Crippen LogP contribution in [0.1, 0.15) is 44.7 Å². The molecule has 0 radical (unpaired) electrons. The van der Waals surface area contributed by atoms with Gasteiger partial charge < -0.3 is 20.3 Å². The Bertz CT molecular complexity index is 885. The molecule has 0 bridgehead atoms. The summed E-state index contributed by atoms with van der Waals surface area (Å²) in [6, 6.07) is 15.8. The van der Waals surface area contributed by atoms with Crippen LogP contribution >= 0.6 is 0 Å². The van der Waals surface area contributed by atoms with E-state index in [0.717, 1.165) is 22.3 Å². The Morgan fingerprint density at radius 1 is 1.00 bits per heavy atom. The number of benzene rings is 2. The summed E-state index contributed by atoms with van der Waals surface area (Å²) in [5, 5.41) is 10.1. The number of aliphatic hydroxyl groups is 1. The Morgan fingerprint density at radius 2 is 1.48 bits per heavy atom. The molecule has 29 heavy (non-hydrogen) atoms. The summed E-state index contributed by atoms with van der Waals surface area (Å²) < 4.78 is 10.7. The van der Waals surface area contributed by atoms with Crippen molar-refractivity contribution in [2.75, 3.05) is 6.61 Å². The quantitative estimate of drug-likeness (QED) is 0.595. The molecule has 2 aromatic carbocycles. The monoisotopic (exact) mass is 397 g/mol. The molecule has 0 spiro atoms. The normalized spacial score (nSPS) is 16.3. The highest BCUT2D eigenvalue weighted by atomic mass is 16.6. The van der Waals surface area contributed by atoms with E-state index in [1.165, 1.54) is 6.92 Å². The first-order valence-electron chi connectivity index (χ1n) is 9.61. The van der Waals surface area contributed by atoms with Crippen LogP contribution in [0.25, 0.3) is 11.1 Å². The molecule has 6 heteroatoms. The lowest BCUT2D eigenvalue weighted by Gasteiger charge is -2.31. The average Bonchev–Trinajstić information content (AvgIpc) is 2.97. The van der Waals surface area contributed by atoms with Crippen molar-refractivity contribution in [1.29, 1.82) is 0 Å². The molecule has 0 aliphatic heterocycles. The highest BCUT2D eigenvalue weighted by Crippen LogP contribution is 2.44. The van der Waals surface area contributed by atoms with E-state index in [2.05, 4.69) is 0 Å². The van der Waals surface area contributed by atoms with Gasteiger partial charge in [0, 0.05) is 5.92 Å². The van der Waals surface area contributed by atoms with Gasteiger partial charge in [0.1, 0.15) is 12.2 Å². The van der Waals surface area contributed by atoms with Gasteiger partial charge in [0.15, 0.2) is 0 Å². The number of carbonyl (C=O) groups excluding carboxylic acids is 2. The number of carbonyl (C=O) groups is 2. The van der Waals surface area contributed by atoms with Crippen molar-refractivity contribution in [1.82, 2.24) is 0 Å². The third-order valence-electron chi connectivity index (χ3n) is 5.08. The number of ether oxygens (including phenoxy) is 2. The van der Waals surface area contributed by atoms with Crippen molar-refractivity contribution in [2.45, 2.75) is 50.9 Å². The van der Waals surface area contributed by atoms with E-state index in [1.807, 2.05) is 48.5 Å². The standard InChI is InChI=1S/C23H27NO5/c1-14(25)23(24,21(27)29-22(2,3)4)20(26)28-13-19-17-11-7-5-9-15(17)16-10-6-8-12-18(16)19/h5-12,14,19,25H,13,24H2,1-4H3/t14-,23-/m1/s1. The number of hydrogen-bond donors (Lipinski definition) is 2. The Hall–Kier alpha value is -2.70. The molecule has 3 N–H and O–H groups in total. The van der Waals surface area contributed by atoms with E-state index < -0.39 is 29.2 Å². The number of nitrogens with two attached hydrogens (primary N) is 1. The third kappa shape index (κ3) is 3.91. The maximum Gasteiger partial charge on any atom is 0.341 e. The molecule has 0 unspecified atom stereocenters. The van der Waals surface area contributed by atoms with E-state index in [9.17, 15) is 14.7 Å². The molecule has 2 aromatic rings. The van der Waals surface area contributed by atoms with Gasteiger partial charge in [-0.15, -0.1) is 0 Å². The lowest BCUT2D eigenvalue weighted by Crippen LogP contribution is -2.64. The molecule has 0 aromatic heterocycles. The van der Waals surface area contributed by atoms with Crippen LogP contribution in [0.15, 0.2) is 48.5 Å². The molecule has 0 fully saturated rings. The van der Waals surface area contributed by atoms with Gasteiger partial charge in [-0.05, 0) is 49.9 Å². The molecule has 6 nitrogen and oxygen atoms in total. The van der Waals surface area contributed by atoms with Gasteiger partial charge in [0.2, 0.25) is 5.54 Å². The molecular formula is C23H27NO5. The van der Waals surface area contributed by atoms with E-state index in [0.29, 0.717) is 0 Å². The average molecular weight is 397 g/mol. The predicted octanol–water partition coefficient (Wildman–Crippen LogP) is 2.76. The molecule has 0 amide bonds. The van der Waals surface area contributed by atoms with Crippen molar-refractivity contribution < 1.29 is 24.2 Å². The maximum absolute atomic E-state index is 12.8. The minimum Gasteiger partial charge on any atom is -0.463 e. The van der Waals surface area contributed by atoms with Gasteiger partial charge in [-0.2, -0.15) is 0 Å². The summed E-state index contributed by atoms with van der Waals surface area (Å²) in [5.74, 6) is -2.20. The van der Waals surface area contributed by atoms with Crippen molar-refractivity contribution in [3.63, 3.8) is 0 Å². The van der Waals surface area contributed by atoms with E-state index >= 15 is 0 Å². The Morgan fingerprint density at radius 3 is 1.93 bits per heavy atom. The second-order valence-electron chi connectivity index (χ2n) is 8.37. The second kappa shape index (κ2) is 7.61. The fourth-order valence-corrected chi connectivity index (χ4v) is 3.50. The fourth-order valence-electron chi connectivity index (χ4n) is 3.50. The van der Waals surface area contributed by atoms with Gasteiger partial charge >= 0.3 is 11.9 Å². The molecule has 0 saturated heterocycles. The highest BCUT2D eigenvalue weighted by molar-refractivity contribution is 6.05. The summed E-state index contributed by atoms with van der Waals surface area (Å²) in [7, 11) is 0. The number of aliphatic hydroxyl groups excluding tert-OH is 1. The SMILES string of the molecule is C[C@@H](O)[C@@](N)(C(=O)OCC1c2ccccc2-c2ccccc21)C(=O)OC(C)(C)C. The maximum atomic E-state index is 12.8. The topological polar surface area (TPSA) is 98.9 Å². The smallest absolute Gasteiger partial charge is 0.341 e. The van der Waals surface area contributed by atoms with E-state index in [-0.39, 0.29) is 12.5 Å². The fraction of sp³-hybridized carbons (Fsp3) is 0.391. The molecule has 1 aliphatic rings. The van der Waals surface area contributed by atoms with Crippen molar-refractivity contribution >= 4 is 11.9 Å². The zero-order valence-electron chi connectivity index (χ0n) is 17.1. The summed E-state index contributed by atoms with van der Waals surface area (Å²) >= 11 is 0. The number of rotatable bonds is 5. The highest BCUT2D eigenvalue weighted by Gasteiger charge is 2.51. The zero-order valence-corrected chi connectivity index (χ0v) is 17.1. The van der Waals surface area contributed by atoms with Crippen LogP contribution in [0.4, 0.5) is 0 Å². The molecule has 2 atom stereocenters. The van der Waals surface area contributed by atoms with Crippen LogP contribution in [0.2, 0.25) is 0 Å². The third-order valence-corrected chi connectivity index (χ3v) is 5.08. The van der Waals surface area contributed by atoms with Crippen molar-refractivity contribution in [3.05, 3.63) is 59.7 Å². The summed E-state index contributed by atoms with van der Waals surface area (Å²) in [6.07, 6.45) is -1.48. The first-order chi connectivity index (χ1) is 13.6. The lowest BCUT2D eigenvalue weighted by atomic mass is 9.94. The molecule has 0 heterocycles. The van der Waals surface area contributed by atoms with Gasteiger partial charge in [-0.25, -0.2) is 9.59 Å². The van der Waals surface area contributed by atoms with Crippen LogP contribution in [0, 0.1) is 0 Å². The molecule has 3 rings (SSSR count). The van der Waals surface area contributed by atoms with E-state index in [4.69, 9.17) is 15.2 Å². The summed E-state index contributed by atoms with van der Waals surface area (Å²) in [4.78, 5) is 25.4. The van der Waals surface area contributed by atoms with Crippen LogP contribution in [0.3, 0.4) is 0 Å². The van der Waals surface area contributed by atoms with Gasteiger partial charge in [0.05, 0.1) is 6.10 Å². The van der Waals surface area contributed by atoms with E-state index in [1.54, 1.807) is 20.8 Å². The van der Waals surface area contributed by atoms with Gasteiger partial charge in [-0.3, -0.25) is 0 Å². The minimum absolute atomic E-state index is 0.00132. The number of fused-ring (bicyclic) bond motifs is 3. The largest absolute Gasteiger partial charge is 0.463 e. The van der Waals surface area contributed by atoms with Crippen LogP contribution in [0.5, 0.6) is 0 Å². The Balaban J connectivity index is 1.83. The van der Waals surface area contributed by atoms with Crippen LogP contribution < -0.4 is 5.73 Å². The number of hydrogen-bond acceptors (Lipinski definition) is 6. The zero-order chi connectivity index (χ0) is 21.4. The first-order valence-corrected chi connectivity index (χ1v) is 9.61. The van der Waals surface area contributed by atoms with Crippen molar-refractivity contribution in [3.8, 4) is 11.1 Å². The first kappa shape index (κ1) is 21.0. The minimum atomic E-state index is -2.30. The summed E-state index contributed by atoms with van der Waals surface area (Å²) in [6.45, 7) is 6.24. The van der Waals surface area contributed by atoms with Crippen LogP contribution in [-0.2, 0) is 19.1 Å². The second-order valence-corrected chi connectivity index (χ2v) is 8.37. The summed E-state index contributed by atoms with van der Waals surface area (Å²) in [5.41, 5.74) is 7.11. The van der Waals surface area contributed by atoms with Gasteiger partial charge in [-0.1, -0.05) is 48.5 Å². The predicted molar refractivity (Wildman–Crippen MR) is 109 cm³/mol. The molecule has 0 saturated carbocycles. The number of esters is 2. The Kier molecular flexibility index (Phi) is 5.52. The van der Waals surface area contributed by atoms with Crippen LogP contribution in [-0.4, -0.2) is 40.9 Å². The van der Waals surface area contributed by atoms with Gasteiger partial charge in [0.25, 0.3) is 0 Å². The molecule has 1 aliphatic carbocycles. The molecule has 154 valence electrons. The lowest BCUT2D eigenvalue weighted by molar-refractivity contribution is -0.177.